The molecule has 0 heterocycles. The lowest BCUT2D eigenvalue weighted by Gasteiger charge is -2.29. The number of hydrogen-bond donors (Lipinski definition) is 1. The predicted octanol–water partition coefficient (Wildman–Crippen LogP) is 5.69. The largest absolute Gasteiger partial charge is 0.379 e. The van der Waals surface area contributed by atoms with Crippen LogP contribution in [0.3, 0.4) is 0 Å². The highest BCUT2D eigenvalue weighted by Gasteiger charge is 2.34. The zero-order valence-electron chi connectivity index (χ0n) is 13.5. The van der Waals surface area contributed by atoms with Gasteiger partial charge < -0.3 is 5.11 Å². The highest BCUT2D eigenvalue weighted by atomic mass is 35.5. The predicted molar refractivity (Wildman–Crippen MR) is 109 cm³/mol. The van der Waals surface area contributed by atoms with Gasteiger partial charge in [-0.25, -0.2) is 0 Å². The van der Waals surface area contributed by atoms with Gasteiger partial charge in [-0.15, -0.1) is 0 Å². The van der Waals surface area contributed by atoms with E-state index in [0.29, 0.717) is 31.1 Å². The quantitative estimate of drug-likeness (QED) is 0.570. The molecule has 0 amide bonds. The zero-order valence-corrected chi connectivity index (χ0v) is 16.6. The van der Waals surface area contributed by atoms with Gasteiger partial charge in [0, 0.05) is 10.0 Å². The fourth-order valence-electron chi connectivity index (χ4n) is 2.68. The molecule has 3 rings (SSSR count). The Morgan fingerprint density at radius 2 is 1.23 bits per heavy atom. The van der Waals surface area contributed by atoms with E-state index >= 15 is 0 Å². The summed E-state index contributed by atoms with van der Waals surface area (Å²) >= 11 is 18.1. The molecule has 0 spiro atoms. The van der Waals surface area contributed by atoms with Gasteiger partial charge in [-0.1, -0.05) is 71.2 Å². The van der Waals surface area contributed by atoms with Gasteiger partial charge in [0.1, 0.15) is 5.60 Å². The second kappa shape index (κ2) is 8.12. The summed E-state index contributed by atoms with van der Waals surface area (Å²) in [6.45, 7) is 0. The highest BCUT2D eigenvalue weighted by Crippen LogP contribution is 2.34. The molecule has 0 saturated carbocycles. The molecule has 0 bridgehead atoms. The van der Waals surface area contributed by atoms with Crippen molar-refractivity contribution in [1.29, 1.82) is 0 Å². The normalized spacial score (nSPS) is 12.8. The van der Waals surface area contributed by atoms with Gasteiger partial charge in [-0.05, 0) is 47.5 Å². The van der Waals surface area contributed by atoms with E-state index in [4.69, 9.17) is 34.8 Å². The van der Waals surface area contributed by atoms with E-state index in [-0.39, 0.29) is 5.75 Å². The summed E-state index contributed by atoms with van der Waals surface area (Å²) in [7, 11) is -1.52. The van der Waals surface area contributed by atoms with Crippen LogP contribution >= 0.6 is 34.8 Å². The summed E-state index contributed by atoms with van der Waals surface area (Å²) in [6, 6.07) is 20.6. The highest BCUT2D eigenvalue weighted by molar-refractivity contribution is 7.85. The molecule has 3 aromatic carbocycles. The SMILES string of the molecule is O=[S@@](CC(O)(c1ccc(Cl)cc1)c1ccc(Cl)cc1)c1ccccc1Cl. The third-order valence-electron chi connectivity index (χ3n) is 4.07. The van der Waals surface area contributed by atoms with E-state index < -0.39 is 16.4 Å². The molecule has 0 saturated heterocycles. The van der Waals surface area contributed by atoms with Gasteiger partial charge in [0.15, 0.2) is 0 Å². The third kappa shape index (κ3) is 4.13. The van der Waals surface area contributed by atoms with E-state index in [0.717, 1.165) is 0 Å². The average molecular weight is 426 g/mol. The first-order chi connectivity index (χ1) is 12.4. The lowest BCUT2D eigenvalue weighted by atomic mass is 9.88. The molecule has 0 unspecified atom stereocenters. The molecule has 3 aromatic rings. The fraction of sp³-hybridized carbons (Fsp3) is 0.100. The maximum atomic E-state index is 13.0. The summed E-state index contributed by atoms with van der Waals surface area (Å²) in [5, 5.41) is 13.0. The molecule has 2 nitrogen and oxygen atoms in total. The molecule has 0 aliphatic heterocycles. The second-order valence-corrected chi connectivity index (χ2v) is 8.49. The number of hydrogen-bond acceptors (Lipinski definition) is 2. The maximum Gasteiger partial charge on any atom is 0.126 e. The lowest BCUT2D eigenvalue weighted by molar-refractivity contribution is 0.106. The third-order valence-corrected chi connectivity index (χ3v) is 6.54. The van der Waals surface area contributed by atoms with Gasteiger partial charge in [0.25, 0.3) is 0 Å². The molecule has 26 heavy (non-hydrogen) atoms. The first kappa shape index (κ1) is 19.4. The minimum absolute atomic E-state index is 0.0556. The van der Waals surface area contributed by atoms with Crippen LogP contribution in [0, 0.1) is 0 Å². The van der Waals surface area contributed by atoms with E-state index in [1.807, 2.05) is 0 Å². The van der Waals surface area contributed by atoms with Crippen molar-refractivity contribution in [1.82, 2.24) is 0 Å². The van der Waals surface area contributed by atoms with Gasteiger partial charge in [0.05, 0.1) is 26.5 Å². The Balaban J connectivity index is 2.06. The first-order valence-electron chi connectivity index (χ1n) is 7.77. The van der Waals surface area contributed by atoms with Crippen molar-refractivity contribution in [2.45, 2.75) is 10.5 Å². The van der Waals surface area contributed by atoms with Gasteiger partial charge >= 0.3 is 0 Å². The van der Waals surface area contributed by atoms with Gasteiger partial charge in [-0.3, -0.25) is 4.21 Å². The average Bonchev–Trinajstić information content (AvgIpc) is 2.63. The van der Waals surface area contributed by atoms with Crippen molar-refractivity contribution >= 4 is 45.6 Å². The Labute approximate surface area is 169 Å². The Morgan fingerprint density at radius 3 is 1.69 bits per heavy atom. The summed E-state index contributed by atoms with van der Waals surface area (Å²) in [5.74, 6) is -0.0556. The number of aliphatic hydroxyl groups is 1. The van der Waals surface area contributed by atoms with Crippen molar-refractivity contribution in [3.63, 3.8) is 0 Å². The Morgan fingerprint density at radius 1 is 0.769 bits per heavy atom. The van der Waals surface area contributed by atoms with Crippen molar-refractivity contribution < 1.29 is 9.32 Å². The minimum Gasteiger partial charge on any atom is -0.379 e. The number of benzene rings is 3. The number of halogens is 3. The summed E-state index contributed by atoms with van der Waals surface area (Å²) in [4.78, 5) is 0.482. The van der Waals surface area contributed by atoms with Crippen LogP contribution in [-0.2, 0) is 16.4 Å². The molecule has 0 aliphatic carbocycles. The summed E-state index contributed by atoms with van der Waals surface area (Å²) < 4.78 is 13.0. The van der Waals surface area contributed by atoms with E-state index in [1.54, 1.807) is 72.8 Å². The molecule has 0 aliphatic rings. The van der Waals surface area contributed by atoms with Crippen molar-refractivity contribution in [3.05, 3.63) is 99.0 Å². The standard InChI is InChI=1S/C20H15Cl3O2S/c21-16-9-5-14(6-10-16)20(24,15-7-11-17(22)12-8-15)13-26(25)19-4-2-1-3-18(19)23/h1-12,24H,13H2/t26-/m0/s1. The van der Waals surface area contributed by atoms with Crippen LogP contribution in [0.15, 0.2) is 77.7 Å². The molecule has 1 atom stereocenters. The smallest absolute Gasteiger partial charge is 0.126 e. The van der Waals surface area contributed by atoms with E-state index in [9.17, 15) is 9.32 Å². The number of rotatable bonds is 5. The van der Waals surface area contributed by atoms with Crippen LogP contribution in [-0.4, -0.2) is 15.1 Å². The zero-order chi connectivity index (χ0) is 18.7. The Bertz CT molecular complexity index is 879. The van der Waals surface area contributed by atoms with E-state index in [2.05, 4.69) is 0 Å². The van der Waals surface area contributed by atoms with Crippen molar-refractivity contribution in [2.24, 2.45) is 0 Å². The topological polar surface area (TPSA) is 37.3 Å². The van der Waals surface area contributed by atoms with E-state index in [1.165, 1.54) is 0 Å². The van der Waals surface area contributed by atoms with Crippen LogP contribution in [0.2, 0.25) is 15.1 Å². The van der Waals surface area contributed by atoms with Crippen molar-refractivity contribution in [2.75, 3.05) is 5.75 Å². The second-order valence-electron chi connectivity index (χ2n) is 5.79. The van der Waals surface area contributed by atoms with Crippen molar-refractivity contribution in [3.8, 4) is 0 Å². The monoisotopic (exact) mass is 424 g/mol. The maximum absolute atomic E-state index is 13.0. The molecule has 1 N–H and O–H groups in total. The van der Waals surface area contributed by atoms with Crippen LogP contribution < -0.4 is 0 Å². The molecule has 6 heteroatoms. The lowest BCUT2D eigenvalue weighted by Crippen LogP contribution is -2.34. The molecular formula is C20H15Cl3O2S. The molecule has 0 radical (unpaired) electrons. The molecule has 0 fully saturated rings. The summed E-state index contributed by atoms with van der Waals surface area (Å²) in [5.41, 5.74) is -0.312. The minimum atomic E-state index is -1.52. The van der Waals surface area contributed by atoms with Crippen LogP contribution in [0.25, 0.3) is 0 Å². The Kier molecular flexibility index (Phi) is 6.06. The van der Waals surface area contributed by atoms with Crippen LogP contribution in [0.4, 0.5) is 0 Å². The fourth-order valence-corrected chi connectivity index (χ4v) is 4.71. The first-order valence-corrected chi connectivity index (χ1v) is 10.2. The molecule has 134 valence electrons. The molecular weight excluding hydrogens is 411 g/mol. The van der Waals surface area contributed by atoms with Crippen LogP contribution in [0.5, 0.6) is 0 Å². The Hall–Kier alpha value is -1.36. The van der Waals surface area contributed by atoms with Crippen LogP contribution in [0.1, 0.15) is 11.1 Å². The molecule has 0 aromatic heterocycles. The van der Waals surface area contributed by atoms with Gasteiger partial charge in [-0.2, -0.15) is 0 Å². The van der Waals surface area contributed by atoms with Gasteiger partial charge in [0.2, 0.25) is 0 Å². The summed E-state index contributed by atoms with van der Waals surface area (Å²) in [6.07, 6.45) is 0.